The van der Waals surface area contributed by atoms with Gasteiger partial charge in [-0.15, -0.1) is 0 Å². The summed E-state index contributed by atoms with van der Waals surface area (Å²) in [5.41, 5.74) is 0.777. The Bertz CT molecular complexity index is 329. The van der Waals surface area contributed by atoms with Crippen molar-refractivity contribution in [3.63, 3.8) is 0 Å². The van der Waals surface area contributed by atoms with Crippen molar-refractivity contribution in [1.29, 1.82) is 0 Å². The van der Waals surface area contributed by atoms with Gasteiger partial charge in [-0.3, -0.25) is 0 Å². The van der Waals surface area contributed by atoms with E-state index >= 15 is 0 Å². The van der Waals surface area contributed by atoms with Crippen LogP contribution in [0.5, 0.6) is 0 Å². The van der Waals surface area contributed by atoms with Gasteiger partial charge in [-0.25, -0.2) is 4.79 Å². The topological polar surface area (TPSA) is 52.7 Å². The first-order valence-electron chi connectivity index (χ1n) is 3.25. The van der Waals surface area contributed by atoms with Crippen LogP contribution < -0.4 is 5.69 Å². The number of nitrogens with zero attached hydrogens (tertiary/aromatic N) is 4. The Kier molecular flexibility index (Phi) is 1.89. The van der Waals surface area contributed by atoms with Gasteiger partial charge in [0.1, 0.15) is 0 Å². The SMILES string of the molecule is CC(C)=Cn1nnn(C)c1=O. The molecule has 0 atom stereocenters. The first kappa shape index (κ1) is 7.71. The van der Waals surface area contributed by atoms with Gasteiger partial charge in [-0.05, 0) is 24.3 Å². The standard InChI is InChI=1S/C6H10N4O/c1-5(2)4-10-6(11)9(3)7-8-10/h4H,1-3H3. The number of aryl methyl sites for hydroxylation is 1. The van der Waals surface area contributed by atoms with Crippen LogP contribution in [0.15, 0.2) is 10.4 Å². The Balaban J connectivity index is 3.16. The van der Waals surface area contributed by atoms with E-state index in [1.807, 2.05) is 13.8 Å². The van der Waals surface area contributed by atoms with Crippen LogP contribution in [0, 0.1) is 0 Å². The molecule has 0 fully saturated rings. The minimum absolute atomic E-state index is 0.230. The fraction of sp³-hybridized carbons (Fsp3) is 0.500. The second-order valence-electron chi connectivity index (χ2n) is 2.54. The lowest BCUT2D eigenvalue weighted by Gasteiger charge is -1.86. The van der Waals surface area contributed by atoms with Crippen LogP contribution in [0.25, 0.3) is 6.20 Å². The highest BCUT2D eigenvalue weighted by molar-refractivity contribution is 5.24. The molecular formula is C6H10N4O. The lowest BCUT2D eigenvalue weighted by atomic mass is 10.4. The molecule has 0 bridgehead atoms. The van der Waals surface area contributed by atoms with E-state index in [0.717, 1.165) is 5.57 Å². The van der Waals surface area contributed by atoms with Crippen LogP contribution in [0.4, 0.5) is 0 Å². The molecule has 0 N–H and O–H groups in total. The van der Waals surface area contributed by atoms with E-state index in [1.165, 1.54) is 9.36 Å². The Morgan fingerprint density at radius 3 is 2.45 bits per heavy atom. The quantitative estimate of drug-likeness (QED) is 0.565. The van der Waals surface area contributed by atoms with Gasteiger partial charge in [0.05, 0.1) is 0 Å². The molecular weight excluding hydrogens is 144 g/mol. The van der Waals surface area contributed by atoms with Gasteiger partial charge in [0.15, 0.2) is 0 Å². The van der Waals surface area contributed by atoms with E-state index < -0.39 is 0 Å². The largest absolute Gasteiger partial charge is 0.367 e. The highest BCUT2D eigenvalue weighted by atomic mass is 16.2. The summed E-state index contributed by atoms with van der Waals surface area (Å²) in [7, 11) is 1.56. The number of allylic oxidation sites excluding steroid dienone is 1. The van der Waals surface area contributed by atoms with E-state index in [0.29, 0.717) is 0 Å². The summed E-state index contributed by atoms with van der Waals surface area (Å²) < 4.78 is 2.38. The summed E-state index contributed by atoms with van der Waals surface area (Å²) in [4.78, 5) is 11.1. The summed E-state index contributed by atoms with van der Waals surface area (Å²) in [6.07, 6.45) is 1.63. The molecule has 1 aromatic rings. The molecule has 0 aliphatic rings. The van der Waals surface area contributed by atoms with Gasteiger partial charge < -0.3 is 0 Å². The molecule has 11 heavy (non-hydrogen) atoms. The van der Waals surface area contributed by atoms with Gasteiger partial charge in [0.2, 0.25) is 0 Å². The molecule has 5 nitrogen and oxygen atoms in total. The zero-order chi connectivity index (χ0) is 8.43. The molecule has 0 aromatic carbocycles. The summed E-state index contributed by atoms with van der Waals surface area (Å²) >= 11 is 0. The summed E-state index contributed by atoms with van der Waals surface area (Å²) in [5.74, 6) is 0. The molecule has 0 saturated heterocycles. The number of tetrazole rings is 1. The Morgan fingerprint density at radius 2 is 2.09 bits per heavy atom. The predicted octanol–water partition coefficient (Wildman–Crippen LogP) is -0.142. The van der Waals surface area contributed by atoms with Crippen molar-refractivity contribution in [1.82, 2.24) is 19.8 Å². The number of hydrogen-bond acceptors (Lipinski definition) is 3. The third-order valence-electron chi connectivity index (χ3n) is 1.12. The summed E-state index contributed by atoms with van der Waals surface area (Å²) in [6.45, 7) is 3.78. The highest BCUT2D eigenvalue weighted by Crippen LogP contribution is 1.88. The van der Waals surface area contributed by atoms with Gasteiger partial charge >= 0.3 is 5.69 Å². The Morgan fingerprint density at radius 1 is 1.45 bits per heavy atom. The second-order valence-corrected chi connectivity index (χ2v) is 2.54. The van der Waals surface area contributed by atoms with Gasteiger partial charge in [0.25, 0.3) is 0 Å². The van der Waals surface area contributed by atoms with Crippen molar-refractivity contribution >= 4 is 6.20 Å². The molecule has 0 unspecified atom stereocenters. The maximum atomic E-state index is 11.1. The maximum Gasteiger partial charge on any atom is 0.367 e. The zero-order valence-electron chi connectivity index (χ0n) is 6.77. The van der Waals surface area contributed by atoms with E-state index in [-0.39, 0.29) is 5.69 Å². The zero-order valence-corrected chi connectivity index (χ0v) is 6.77. The van der Waals surface area contributed by atoms with Crippen LogP contribution >= 0.6 is 0 Å². The number of rotatable bonds is 1. The average molecular weight is 154 g/mol. The minimum atomic E-state index is -0.230. The number of hydrogen-bond donors (Lipinski definition) is 0. The normalized spacial score (nSPS) is 9.73. The molecule has 60 valence electrons. The average Bonchev–Trinajstić information content (AvgIpc) is 2.18. The molecule has 0 radical (unpaired) electrons. The Hall–Kier alpha value is -1.39. The van der Waals surface area contributed by atoms with Gasteiger partial charge in [-0.2, -0.15) is 9.36 Å². The third-order valence-corrected chi connectivity index (χ3v) is 1.12. The van der Waals surface area contributed by atoms with Gasteiger partial charge in [-0.1, -0.05) is 5.57 Å². The molecule has 1 aromatic heterocycles. The van der Waals surface area contributed by atoms with E-state index in [1.54, 1.807) is 13.2 Å². The molecule has 0 saturated carbocycles. The van der Waals surface area contributed by atoms with Crippen LogP contribution in [-0.2, 0) is 7.05 Å². The van der Waals surface area contributed by atoms with Crippen molar-refractivity contribution in [2.75, 3.05) is 0 Å². The van der Waals surface area contributed by atoms with Crippen LogP contribution in [-0.4, -0.2) is 19.8 Å². The van der Waals surface area contributed by atoms with E-state index in [2.05, 4.69) is 10.4 Å². The lowest BCUT2D eigenvalue weighted by molar-refractivity contribution is 0.693. The summed E-state index contributed by atoms with van der Waals surface area (Å²) in [5, 5.41) is 7.14. The fourth-order valence-electron chi connectivity index (χ4n) is 0.653. The lowest BCUT2D eigenvalue weighted by Crippen LogP contribution is -2.19. The van der Waals surface area contributed by atoms with Crippen molar-refractivity contribution in [3.05, 3.63) is 16.1 Å². The fourth-order valence-corrected chi connectivity index (χ4v) is 0.653. The molecule has 1 rings (SSSR count). The monoisotopic (exact) mass is 154 g/mol. The predicted molar refractivity (Wildman–Crippen MR) is 40.9 cm³/mol. The van der Waals surface area contributed by atoms with Crippen molar-refractivity contribution in [2.24, 2.45) is 7.05 Å². The van der Waals surface area contributed by atoms with Crippen molar-refractivity contribution in [3.8, 4) is 0 Å². The molecule has 5 heteroatoms. The molecule has 0 spiro atoms. The van der Waals surface area contributed by atoms with Gasteiger partial charge in [0, 0.05) is 13.2 Å². The number of aromatic nitrogens is 4. The van der Waals surface area contributed by atoms with Crippen LogP contribution in [0.3, 0.4) is 0 Å². The highest BCUT2D eigenvalue weighted by Gasteiger charge is 1.97. The van der Waals surface area contributed by atoms with E-state index in [9.17, 15) is 4.79 Å². The first-order valence-corrected chi connectivity index (χ1v) is 3.25. The van der Waals surface area contributed by atoms with E-state index in [4.69, 9.17) is 0 Å². The molecule has 0 aliphatic carbocycles. The summed E-state index contributed by atoms with van der Waals surface area (Å²) in [6, 6.07) is 0. The molecule has 0 amide bonds. The molecule has 1 heterocycles. The van der Waals surface area contributed by atoms with Crippen LogP contribution in [0.2, 0.25) is 0 Å². The Labute approximate surface area is 63.9 Å². The third kappa shape index (κ3) is 1.54. The molecule has 0 aliphatic heterocycles. The van der Waals surface area contributed by atoms with Crippen molar-refractivity contribution < 1.29 is 0 Å². The minimum Gasteiger partial charge on any atom is -0.244 e. The van der Waals surface area contributed by atoms with Crippen molar-refractivity contribution in [2.45, 2.75) is 13.8 Å². The van der Waals surface area contributed by atoms with Crippen LogP contribution in [0.1, 0.15) is 13.8 Å². The second kappa shape index (κ2) is 2.69. The first-order chi connectivity index (χ1) is 5.11. The smallest absolute Gasteiger partial charge is 0.244 e. The maximum absolute atomic E-state index is 11.1.